The van der Waals surface area contributed by atoms with Crippen molar-refractivity contribution in [2.75, 3.05) is 6.61 Å². The number of carbonyl (C=O) groups excluding carboxylic acids is 1. The van der Waals surface area contributed by atoms with Gasteiger partial charge in [0.05, 0.1) is 12.2 Å². The molecule has 2 aliphatic heterocycles. The number of fused-ring (bicyclic) bond motifs is 3. The molecular weight excluding hydrogens is 356 g/mol. The monoisotopic (exact) mass is 388 g/mol. The molecule has 28 heavy (non-hydrogen) atoms. The van der Waals surface area contributed by atoms with E-state index in [9.17, 15) is 15.0 Å². The third kappa shape index (κ3) is 1.83. The van der Waals surface area contributed by atoms with Crippen LogP contribution in [0.15, 0.2) is 11.6 Å². The van der Waals surface area contributed by atoms with E-state index >= 15 is 0 Å². The molecule has 154 valence electrons. The van der Waals surface area contributed by atoms with E-state index in [-0.39, 0.29) is 34.9 Å². The highest BCUT2D eigenvalue weighted by Gasteiger charge is 2.84. The summed E-state index contributed by atoms with van der Waals surface area (Å²) in [5.41, 5.74) is -0.319. The molecule has 2 N–H and O–H groups in total. The van der Waals surface area contributed by atoms with Crippen LogP contribution in [0, 0.1) is 28.6 Å². The molecule has 0 unspecified atom stereocenters. The summed E-state index contributed by atoms with van der Waals surface area (Å²) in [6, 6.07) is 0. The molecule has 0 amide bonds. The fourth-order valence-corrected chi connectivity index (χ4v) is 8.79. The number of aliphatic hydroxyl groups is 2. The van der Waals surface area contributed by atoms with Crippen molar-refractivity contribution in [1.29, 1.82) is 0 Å². The molecular formula is C23H32O5. The minimum Gasteiger partial charge on any atom is -0.458 e. The molecule has 5 nitrogen and oxygen atoms in total. The molecule has 5 fully saturated rings. The van der Waals surface area contributed by atoms with E-state index in [0.29, 0.717) is 18.4 Å². The van der Waals surface area contributed by atoms with Crippen LogP contribution in [-0.2, 0) is 14.3 Å². The Kier molecular flexibility index (Phi) is 3.34. The molecule has 1 spiro atoms. The van der Waals surface area contributed by atoms with Gasteiger partial charge in [-0.05, 0) is 80.1 Å². The van der Waals surface area contributed by atoms with Crippen LogP contribution in [0.4, 0.5) is 0 Å². The standard InChI is InChI=1S/C23H32O5/c1-20-6-3-15(24)10-14(20)11-18-23(28-18)17(20)5-7-21(2)16(4-8-22(21,23)26)13-9-19(25)27-12-13/h9,14-18,24,26H,3-8,10-12H2,1-2H3/t14-,15-,16+,17+,18-,20-,21+,22+,23+/m0/s1. The van der Waals surface area contributed by atoms with Crippen LogP contribution in [0.3, 0.4) is 0 Å². The van der Waals surface area contributed by atoms with Gasteiger partial charge in [-0.25, -0.2) is 4.79 Å². The van der Waals surface area contributed by atoms with E-state index in [2.05, 4.69) is 13.8 Å². The van der Waals surface area contributed by atoms with Crippen LogP contribution in [0.5, 0.6) is 0 Å². The first-order valence-corrected chi connectivity index (χ1v) is 11.2. The Morgan fingerprint density at radius 1 is 1.11 bits per heavy atom. The number of hydrogen-bond acceptors (Lipinski definition) is 5. The quantitative estimate of drug-likeness (QED) is 0.533. The lowest BCUT2D eigenvalue weighted by Gasteiger charge is -2.62. The van der Waals surface area contributed by atoms with Gasteiger partial charge in [0.25, 0.3) is 0 Å². The second-order valence-electron chi connectivity index (χ2n) is 11.1. The molecule has 1 saturated heterocycles. The Balaban J connectivity index is 1.39. The number of ether oxygens (including phenoxy) is 2. The average molecular weight is 389 g/mol. The molecule has 0 aromatic rings. The number of rotatable bonds is 1. The van der Waals surface area contributed by atoms with Crippen molar-refractivity contribution in [2.24, 2.45) is 28.6 Å². The molecule has 4 aliphatic carbocycles. The summed E-state index contributed by atoms with van der Waals surface area (Å²) in [5.74, 6) is 0.817. The number of esters is 1. The van der Waals surface area contributed by atoms with Gasteiger partial charge < -0.3 is 19.7 Å². The van der Waals surface area contributed by atoms with Crippen LogP contribution >= 0.6 is 0 Å². The van der Waals surface area contributed by atoms with Gasteiger partial charge in [0, 0.05) is 11.5 Å². The van der Waals surface area contributed by atoms with Gasteiger partial charge in [0.15, 0.2) is 0 Å². The predicted molar refractivity (Wildman–Crippen MR) is 101 cm³/mol. The van der Waals surface area contributed by atoms with Crippen LogP contribution in [0.25, 0.3) is 0 Å². The average Bonchev–Trinajstić information content (AvgIpc) is 3.09. The van der Waals surface area contributed by atoms with E-state index in [1.807, 2.05) is 0 Å². The summed E-state index contributed by atoms with van der Waals surface area (Å²) in [6.45, 7) is 5.02. The van der Waals surface area contributed by atoms with Crippen molar-refractivity contribution in [1.82, 2.24) is 0 Å². The normalized spacial score (nSPS) is 59.5. The fraction of sp³-hybridized carbons (Fsp3) is 0.870. The lowest BCUT2D eigenvalue weighted by atomic mass is 9.43. The first kappa shape index (κ1) is 17.9. The van der Waals surface area contributed by atoms with Crippen LogP contribution in [-0.4, -0.2) is 46.2 Å². The zero-order valence-corrected chi connectivity index (χ0v) is 16.9. The topological polar surface area (TPSA) is 79.3 Å². The highest BCUT2D eigenvalue weighted by atomic mass is 16.6. The highest BCUT2D eigenvalue weighted by molar-refractivity contribution is 5.85. The highest BCUT2D eigenvalue weighted by Crippen LogP contribution is 2.77. The lowest BCUT2D eigenvalue weighted by molar-refractivity contribution is -0.203. The van der Waals surface area contributed by atoms with Crippen molar-refractivity contribution >= 4 is 5.97 Å². The molecule has 4 saturated carbocycles. The Labute approximate surface area is 166 Å². The van der Waals surface area contributed by atoms with Crippen molar-refractivity contribution < 1.29 is 24.5 Å². The van der Waals surface area contributed by atoms with Gasteiger partial charge in [-0.3, -0.25) is 0 Å². The van der Waals surface area contributed by atoms with Crippen molar-refractivity contribution in [3.05, 3.63) is 11.6 Å². The van der Waals surface area contributed by atoms with E-state index in [0.717, 1.165) is 56.9 Å². The van der Waals surface area contributed by atoms with E-state index in [1.165, 1.54) is 0 Å². The second kappa shape index (κ2) is 5.22. The SMILES string of the molecule is C[C@]12CC[C@H](O)C[C@H]1C[C@@H]1O[C@]13[C@@H]2CC[C@]1(C)[C@@H](C2=CC(=O)OC2)CC[C@]31O. The summed E-state index contributed by atoms with van der Waals surface area (Å²) in [7, 11) is 0. The Hall–Kier alpha value is -0.910. The molecule has 2 heterocycles. The number of aliphatic hydroxyl groups excluding tert-OH is 1. The van der Waals surface area contributed by atoms with Gasteiger partial charge in [-0.1, -0.05) is 13.8 Å². The minimum atomic E-state index is -0.839. The number of hydrogen-bond donors (Lipinski definition) is 2. The smallest absolute Gasteiger partial charge is 0.331 e. The Morgan fingerprint density at radius 2 is 1.93 bits per heavy atom. The summed E-state index contributed by atoms with van der Waals surface area (Å²) in [5, 5.41) is 22.5. The van der Waals surface area contributed by atoms with Gasteiger partial charge >= 0.3 is 5.97 Å². The fourth-order valence-electron chi connectivity index (χ4n) is 8.79. The molecule has 0 bridgehead atoms. The maximum atomic E-state index is 12.3. The molecule has 6 aliphatic rings. The van der Waals surface area contributed by atoms with Crippen LogP contribution < -0.4 is 0 Å². The third-order valence-corrected chi connectivity index (χ3v) is 10.3. The molecule has 9 atom stereocenters. The zero-order chi connectivity index (χ0) is 19.5. The maximum absolute atomic E-state index is 12.3. The van der Waals surface area contributed by atoms with E-state index in [4.69, 9.17) is 9.47 Å². The molecule has 0 aromatic carbocycles. The van der Waals surface area contributed by atoms with Crippen molar-refractivity contribution in [2.45, 2.75) is 88.6 Å². The number of carbonyl (C=O) groups is 1. The largest absolute Gasteiger partial charge is 0.458 e. The summed E-state index contributed by atoms with van der Waals surface area (Å²) < 4.78 is 11.7. The Bertz CT molecular complexity index is 777. The van der Waals surface area contributed by atoms with Gasteiger partial charge in [0.1, 0.15) is 17.8 Å². The first-order chi connectivity index (χ1) is 13.2. The predicted octanol–water partition coefficient (Wildman–Crippen LogP) is 2.74. The first-order valence-electron chi connectivity index (χ1n) is 11.2. The summed E-state index contributed by atoms with van der Waals surface area (Å²) in [4.78, 5) is 11.7. The van der Waals surface area contributed by atoms with Crippen LogP contribution in [0.2, 0.25) is 0 Å². The summed E-state index contributed by atoms with van der Waals surface area (Å²) >= 11 is 0. The van der Waals surface area contributed by atoms with Crippen LogP contribution in [0.1, 0.15) is 65.2 Å². The van der Waals surface area contributed by atoms with E-state index in [1.54, 1.807) is 6.08 Å². The van der Waals surface area contributed by atoms with E-state index < -0.39 is 11.2 Å². The Morgan fingerprint density at radius 3 is 2.68 bits per heavy atom. The van der Waals surface area contributed by atoms with Crippen molar-refractivity contribution in [3.8, 4) is 0 Å². The molecule has 5 heteroatoms. The van der Waals surface area contributed by atoms with Gasteiger partial charge in [0.2, 0.25) is 0 Å². The number of epoxide rings is 1. The summed E-state index contributed by atoms with van der Waals surface area (Å²) in [6.07, 6.45) is 9.05. The maximum Gasteiger partial charge on any atom is 0.331 e. The minimum absolute atomic E-state index is 0.125. The van der Waals surface area contributed by atoms with Gasteiger partial charge in [-0.2, -0.15) is 0 Å². The molecule has 0 radical (unpaired) electrons. The lowest BCUT2D eigenvalue weighted by Crippen LogP contribution is -2.68. The molecule has 6 rings (SSSR count). The molecule has 0 aromatic heterocycles. The third-order valence-electron chi connectivity index (χ3n) is 10.3. The number of cyclic esters (lactones) is 1. The zero-order valence-electron chi connectivity index (χ0n) is 16.9. The second-order valence-corrected chi connectivity index (χ2v) is 11.1. The van der Waals surface area contributed by atoms with Crippen molar-refractivity contribution in [3.63, 3.8) is 0 Å². The van der Waals surface area contributed by atoms with Gasteiger partial charge in [-0.15, -0.1) is 0 Å².